The molecule has 0 saturated carbocycles. The molecule has 0 heterocycles. The zero-order chi connectivity index (χ0) is 21.0. The monoisotopic (exact) mass is 396 g/mol. The van der Waals surface area contributed by atoms with Gasteiger partial charge in [0.1, 0.15) is 34.5 Å². The molecule has 152 valence electrons. The van der Waals surface area contributed by atoms with Crippen LogP contribution < -0.4 is 0 Å². The second-order valence-electron chi connectivity index (χ2n) is 7.14. The molecule has 0 aliphatic rings. The van der Waals surface area contributed by atoms with E-state index in [-0.39, 0.29) is 40.4 Å². The van der Waals surface area contributed by atoms with Crippen molar-refractivity contribution >= 4 is 0 Å². The molecule has 6 nitrogen and oxygen atoms in total. The predicted molar refractivity (Wildman–Crippen MR) is 109 cm³/mol. The average Bonchev–Trinajstić information content (AvgIpc) is 2.65. The molecule has 0 amide bonds. The summed E-state index contributed by atoms with van der Waals surface area (Å²) in [6.45, 7) is 0. The van der Waals surface area contributed by atoms with Crippen LogP contribution in [-0.4, -0.2) is 30.6 Å². The lowest BCUT2D eigenvalue weighted by molar-refractivity contribution is 0.431. The van der Waals surface area contributed by atoms with E-state index in [1.54, 1.807) is 18.2 Å². The number of aryl methyl sites for hydroxylation is 2. The third kappa shape index (κ3) is 5.04. The standard InChI is InChI=1S/C23H24O6/c24-17-7-5-15(21(27)11-17)3-1-14(20-10-9-19(26)13-23(20)29)2-4-16-6-8-18(25)12-22(16)28/h5-14,24-29H,1-4H2. The van der Waals surface area contributed by atoms with Crippen LogP contribution in [0, 0.1) is 0 Å². The molecule has 0 radical (unpaired) electrons. The number of hydrogen-bond acceptors (Lipinski definition) is 6. The Morgan fingerprint density at radius 3 is 1.34 bits per heavy atom. The zero-order valence-electron chi connectivity index (χ0n) is 15.8. The number of rotatable bonds is 7. The lowest BCUT2D eigenvalue weighted by Gasteiger charge is -2.20. The topological polar surface area (TPSA) is 121 Å². The van der Waals surface area contributed by atoms with Crippen molar-refractivity contribution < 1.29 is 30.6 Å². The third-order valence-electron chi connectivity index (χ3n) is 5.12. The third-order valence-corrected chi connectivity index (χ3v) is 5.12. The average molecular weight is 396 g/mol. The maximum atomic E-state index is 10.3. The lowest BCUT2D eigenvalue weighted by atomic mass is 9.86. The van der Waals surface area contributed by atoms with Gasteiger partial charge >= 0.3 is 0 Å². The highest BCUT2D eigenvalue weighted by Crippen LogP contribution is 2.37. The molecule has 0 aliphatic carbocycles. The Morgan fingerprint density at radius 2 is 0.931 bits per heavy atom. The summed E-state index contributed by atoms with van der Waals surface area (Å²) in [7, 11) is 0. The van der Waals surface area contributed by atoms with E-state index in [0.29, 0.717) is 42.4 Å². The highest BCUT2D eigenvalue weighted by molar-refractivity contribution is 5.43. The van der Waals surface area contributed by atoms with Crippen molar-refractivity contribution in [2.75, 3.05) is 0 Å². The molecule has 0 fully saturated rings. The molecule has 6 N–H and O–H groups in total. The minimum atomic E-state index is -0.114. The Labute approximate surface area is 168 Å². The van der Waals surface area contributed by atoms with Crippen molar-refractivity contribution in [3.63, 3.8) is 0 Å². The Morgan fingerprint density at radius 1 is 0.517 bits per heavy atom. The highest BCUT2D eigenvalue weighted by Gasteiger charge is 2.18. The van der Waals surface area contributed by atoms with Crippen molar-refractivity contribution in [2.24, 2.45) is 0 Å². The molecule has 0 unspecified atom stereocenters. The second-order valence-corrected chi connectivity index (χ2v) is 7.14. The quantitative estimate of drug-likeness (QED) is 0.355. The van der Waals surface area contributed by atoms with Crippen LogP contribution in [0.3, 0.4) is 0 Å². The molecule has 0 aliphatic heterocycles. The van der Waals surface area contributed by atoms with Crippen LogP contribution in [0.4, 0.5) is 0 Å². The van der Waals surface area contributed by atoms with Crippen molar-refractivity contribution in [2.45, 2.75) is 31.6 Å². The van der Waals surface area contributed by atoms with E-state index in [2.05, 4.69) is 0 Å². The SMILES string of the molecule is Oc1ccc(CCC(CCc2ccc(O)cc2O)c2ccc(O)cc2O)c(O)c1. The van der Waals surface area contributed by atoms with Gasteiger partial charge in [-0.3, -0.25) is 0 Å². The Bertz CT molecular complexity index is 943. The van der Waals surface area contributed by atoms with Crippen LogP contribution in [0.15, 0.2) is 54.6 Å². The molecule has 0 bridgehead atoms. The van der Waals surface area contributed by atoms with Gasteiger partial charge in [-0.2, -0.15) is 0 Å². The van der Waals surface area contributed by atoms with Crippen LogP contribution in [0.5, 0.6) is 34.5 Å². The Kier molecular flexibility index (Phi) is 6.02. The fraction of sp³-hybridized carbons (Fsp3) is 0.217. The van der Waals surface area contributed by atoms with Crippen molar-refractivity contribution in [3.05, 3.63) is 71.3 Å². The minimum absolute atomic E-state index is 0.00913. The second kappa shape index (κ2) is 8.65. The number of phenolic OH excluding ortho intramolecular Hbond substituents is 6. The first kappa shape index (κ1) is 20.2. The van der Waals surface area contributed by atoms with E-state index in [9.17, 15) is 30.6 Å². The number of benzene rings is 3. The summed E-state index contributed by atoms with van der Waals surface area (Å²) in [6, 6.07) is 13.4. The van der Waals surface area contributed by atoms with E-state index in [1.165, 1.54) is 36.4 Å². The maximum absolute atomic E-state index is 10.3. The largest absolute Gasteiger partial charge is 0.508 e. The summed E-state index contributed by atoms with van der Waals surface area (Å²) in [5.74, 6) is -0.164. The fourth-order valence-corrected chi connectivity index (χ4v) is 3.52. The summed E-state index contributed by atoms with van der Waals surface area (Å²) in [5.41, 5.74) is 2.02. The molecule has 29 heavy (non-hydrogen) atoms. The normalized spacial score (nSPS) is 11.1. The highest BCUT2D eigenvalue weighted by atomic mass is 16.3. The molecule has 3 aromatic rings. The molecular weight excluding hydrogens is 372 g/mol. The number of hydrogen-bond donors (Lipinski definition) is 6. The first-order valence-electron chi connectivity index (χ1n) is 9.37. The van der Waals surface area contributed by atoms with Gasteiger partial charge in [0, 0.05) is 18.2 Å². The van der Waals surface area contributed by atoms with Gasteiger partial charge in [-0.1, -0.05) is 18.2 Å². The predicted octanol–water partition coefficient (Wildman–Crippen LogP) is 4.27. The maximum Gasteiger partial charge on any atom is 0.122 e. The van der Waals surface area contributed by atoms with Crippen molar-refractivity contribution in [1.29, 1.82) is 0 Å². The molecule has 0 atom stereocenters. The summed E-state index contributed by atoms with van der Waals surface area (Å²) < 4.78 is 0. The zero-order valence-corrected chi connectivity index (χ0v) is 15.8. The lowest BCUT2D eigenvalue weighted by Crippen LogP contribution is -2.04. The van der Waals surface area contributed by atoms with Gasteiger partial charge < -0.3 is 30.6 Å². The van der Waals surface area contributed by atoms with E-state index >= 15 is 0 Å². The smallest absolute Gasteiger partial charge is 0.122 e. The van der Waals surface area contributed by atoms with E-state index in [0.717, 1.165) is 0 Å². The van der Waals surface area contributed by atoms with Crippen LogP contribution in [0.25, 0.3) is 0 Å². The van der Waals surface area contributed by atoms with Gasteiger partial charge in [-0.05, 0) is 66.5 Å². The van der Waals surface area contributed by atoms with Crippen LogP contribution in [0.1, 0.15) is 35.4 Å². The van der Waals surface area contributed by atoms with Crippen LogP contribution in [-0.2, 0) is 12.8 Å². The van der Waals surface area contributed by atoms with Gasteiger partial charge in [0.05, 0.1) is 0 Å². The van der Waals surface area contributed by atoms with E-state index in [4.69, 9.17) is 0 Å². The van der Waals surface area contributed by atoms with Crippen LogP contribution in [0.2, 0.25) is 0 Å². The first-order chi connectivity index (χ1) is 13.8. The first-order valence-corrected chi connectivity index (χ1v) is 9.37. The molecule has 0 aromatic heterocycles. The molecule has 0 spiro atoms. The van der Waals surface area contributed by atoms with Gasteiger partial charge in [0.25, 0.3) is 0 Å². The molecule has 0 saturated heterocycles. The van der Waals surface area contributed by atoms with Gasteiger partial charge in [-0.25, -0.2) is 0 Å². The molecule has 3 rings (SSSR count). The molecule has 3 aromatic carbocycles. The van der Waals surface area contributed by atoms with E-state index in [1.807, 2.05) is 0 Å². The molecule has 6 heteroatoms. The Balaban J connectivity index is 1.80. The van der Waals surface area contributed by atoms with Crippen LogP contribution >= 0.6 is 0 Å². The minimum Gasteiger partial charge on any atom is -0.508 e. The number of phenols is 6. The van der Waals surface area contributed by atoms with Crippen molar-refractivity contribution in [1.82, 2.24) is 0 Å². The fourth-order valence-electron chi connectivity index (χ4n) is 3.52. The van der Waals surface area contributed by atoms with E-state index < -0.39 is 0 Å². The Hall–Kier alpha value is -3.54. The number of aromatic hydroxyl groups is 6. The summed E-state index contributed by atoms with van der Waals surface area (Å²) >= 11 is 0. The van der Waals surface area contributed by atoms with Gasteiger partial charge in [-0.15, -0.1) is 0 Å². The summed E-state index contributed by atoms with van der Waals surface area (Å²) in [4.78, 5) is 0. The van der Waals surface area contributed by atoms with Gasteiger partial charge in [0.2, 0.25) is 0 Å². The van der Waals surface area contributed by atoms with Gasteiger partial charge in [0.15, 0.2) is 0 Å². The molecular formula is C23H24O6. The van der Waals surface area contributed by atoms with Crippen molar-refractivity contribution in [3.8, 4) is 34.5 Å². The summed E-state index contributed by atoms with van der Waals surface area (Å²) in [6.07, 6.45) is 2.21. The summed E-state index contributed by atoms with van der Waals surface area (Å²) in [5, 5.41) is 58.9.